The van der Waals surface area contributed by atoms with Gasteiger partial charge in [0, 0.05) is 30.2 Å². The summed E-state index contributed by atoms with van der Waals surface area (Å²) in [5, 5.41) is 4.44. The predicted octanol–water partition coefficient (Wildman–Crippen LogP) is 3.85. The Morgan fingerprint density at radius 1 is 1.45 bits per heavy atom. The van der Waals surface area contributed by atoms with Crippen LogP contribution in [0, 0.1) is 0 Å². The van der Waals surface area contributed by atoms with Crippen molar-refractivity contribution in [2.45, 2.75) is 46.1 Å². The number of aromatic nitrogens is 2. The number of halogens is 1. The third kappa shape index (κ3) is 4.13. The molecule has 2 aromatic heterocycles. The fourth-order valence-electron chi connectivity index (χ4n) is 2.37. The van der Waals surface area contributed by atoms with Gasteiger partial charge in [0.05, 0.1) is 5.02 Å². The van der Waals surface area contributed by atoms with Crippen molar-refractivity contribution in [3.8, 4) is 0 Å². The summed E-state index contributed by atoms with van der Waals surface area (Å²) < 4.78 is 5.22. The lowest BCUT2D eigenvalue weighted by Gasteiger charge is -2.19. The molecular formula is C16H22ClN3O2. The molecule has 6 heteroatoms. The number of hydrogen-bond acceptors (Lipinski definition) is 3. The molecule has 0 aliphatic carbocycles. The zero-order valence-electron chi connectivity index (χ0n) is 13.4. The normalized spacial score (nSPS) is 11.7. The second kappa shape index (κ2) is 6.57. The fraction of sp³-hybridized carbons (Fsp3) is 0.500. The molecule has 120 valence electrons. The Balaban J connectivity index is 2.04. The number of aryl methyl sites for hydroxylation is 1. The Morgan fingerprint density at radius 2 is 2.18 bits per heavy atom. The minimum absolute atomic E-state index is 0.400. The number of H-pyrrole nitrogens is 1. The van der Waals surface area contributed by atoms with Crippen LogP contribution in [0.3, 0.4) is 0 Å². The molecule has 1 amide bonds. The number of carbonyl (C=O) groups excluding carboxylic acids is 1. The van der Waals surface area contributed by atoms with Crippen molar-refractivity contribution in [2.24, 2.45) is 0 Å². The maximum Gasteiger partial charge on any atom is 0.407 e. The summed E-state index contributed by atoms with van der Waals surface area (Å²) in [5.41, 5.74) is 2.60. The van der Waals surface area contributed by atoms with E-state index in [9.17, 15) is 4.79 Å². The summed E-state index contributed by atoms with van der Waals surface area (Å²) in [6.07, 6.45) is 2.80. The standard InChI is InChI=1S/C16H22ClN3O2/c1-5-11-12-8-10(17)9-19-14(12)20-13(11)6-7-18-15(21)22-16(2,3)4/h8-9H,5-7H2,1-4H3,(H,18,21)(H,19,20). The van der Waals surface area contributed by atoms with Crippen molar-refractivity contribution in [1.82, 2.24) is 15.3 Å². The van der Waals surface area contributed by atoms with E-state index in [2.05, 4.69) is 22.2 Å². The lowest BCUT2D eigenvalue weighted by molar-refractivity contribution is 0.0528. The van der Waals surface area contributed by atoms with Crippen LogP contribution < -0.4 is 5.32 Å². The second-order valence-corrected chi connectivity index (χ2v) is 6.60. The van der Waals surface area contributed by atoms with Gasteiger partial charge in [-0.15, -0.1) is 0 Å². The summed E-state index contributed by atoms with van der Waals surface area (Å²) in [5.74, 6) is 0. The van der Waals surface area contributed by atoms with Gasteiger partial charge in [0.25, 0.3) is 0 Å². The van der Waals surface area contributed by atoms with E-state index in [-0.39, 0.29) is 0 Å². The maximum atomic E-state index is 11.6. The predicted molar refractivity (Wildman–Crippen MR) is 88.4 cm³/mol. The van der Waals surface area contributed by atoms with Gasteiger partial charge in [0.2, 0.25) is 0 Å². The molecule has 0 aromatic carbocycles. The van der Waals surface area contributed by atoms with Gasteiger partial charge < -0.3 is 15.0 Å². The number of nitrogens with zero attached hydrogens (tertiary/aromatic N) is 1. The molecule has 0 unspecified atom stereocenters. The number of carbonyl (C=O) groups is 1. The fourth-order valence-corrected chi connectivity index (χ4v) is 2.53. The van der Waals surface area contributed by atoms with Crippen LogP contribution in [0.2, 0.25) is 5.02 Å². The largest absolute Gasteiger partial charge is 0.444 e. The lowest BCUT2D eigenvalue weighted by atomic mass is 10.1. The number of ether oxygens (including phenoxy) is 1. The van der Waals surface area contributed by atoms with Crippen molar-refractivity contribution in [3.05, 3.63) is 28.5 Å². The lowest BCUT2D eigenvalue weighted by Crippen LogP contribution is -2.33. The Morgan fingerprint density at radius 3 is 2.82 bits per heavy atom. The van der Waals surface area contributed by atoms with Gasteiger partial charge in [-0.1, -0.05) is 18.5 Å². The van der Waals surface area contributed by atoms with E-state index in [0.29, 0.717) is 18.0 Å². The molecule has 0 bridgehead atoms. The number of hydrogen-bond donors (Lipinski definition) is 2. The molecular weight excluding hydrogens is 302 g/mol. The van der Waals surface area contributed by atoms with Crippen molar-refractivity contribution >= 4 is 28.7 Å². The molecule has 0 spiro atoms. The van der Waals surface area contributed by atoms with Gasteiger partial charge in [-0.05, 0) is 38.8 Å². The maximum absolute atomic E-state index is 11.6. The van der Waals surface area contributed by atoms with Crippen molar-refractivity contribution in [2.75, 3.05) is 6.54 Å². The smallest absolute Gasteiger partial charge is 0.407 e. The first kappa shape index (κ1) is 16.6. The molecule has 2 N–H and O–H groups in total. The second-order valence-electron chi connectivity index (χ2n) is 6.16. The van der Waals surface area contributed by atoms with Crippen LogP contribution in [0.1, 0.15) is 39.0 Å². The van der Waals surface area contributed by atoms with Crippen LogP contribution in [0.25, 0.3) is 11.0 Å². The topological polar surface area (TPSA) is 67.0 Å². The van der Waals surface area contributed by atoms with Crippen molar-refractivity contribution in [1.29, 1.82) is 0 Å². The van der Waals surface area contributed by atoms with Gasteiger partial charge in [0.1, 0.15) is 11.2 Å². The van der Waals surface area contributed by atoms with Crippen LogP contribution in [0.15, 0.2) is 12.3 Å². The van der Waals surface area contributed by atoms with E-state index in [1.54, 1.807) is 6.20 Å². The Kier molecular flexibility index (Phi) is 4.96. The average Bonchev–Trinajstić information content (AvgIpc) is 2.73. The first-order chi connectivity index (χ1) is 10.3. The third-order valence-corrected chi connectivity index (χ3v) is 3.42. The number of nitrogens with one attached hydrogen (secondary N) is 2. The summed E-state index contributed by atoms with van der Waals surface area (Å²) in [6, 6.07) is 1.92. The molecule has 0 aliphatic heterocycles. The summed E-state index contributed by atoms with van der Waals surface area (Å²) in [7, 11) is 0. The van der Waals surface area contributed by atoms with E-state index in [0.717, 1.165) is 23.1 Å². The molecule has 22 heavy (non-hydrogen) atoms. The molecule has 5 nitrogen and oxygen atoms in total. The van der Waals surface area contributed by atoms with E-state index in [1.807, 2.05) is 26.8 Å². The zero-order valence-corrected chi connectivity index (χ0v) is 14.2. The van der Waals surface area contributed by atoms with Gasteiger partial charge >= 0.3 is 6.09 Å². The number of rotatable bonds is 4. The quantitative estimate of drug-likeness (QED) is 0.898. The minimum Gasteiger partial charge on any atom is -0.444 e. The highest BCUT2D eigenvalue weighted by atomic mass is 35.5. The molecule has 0 radical (unpaired) electrons. The van der Waals surface area contributed by atoms with Gasteiger partial charge in [-0.25, -0.2) is 9.78 Å². The number of alkyl carbamates (subject to hydrolysis) is 1. The molecule has 2 rings (SSSR count). The molecule has 0 saturated carbocycles. The van der Waals surface area contributed by atoms with E-state index in [4.69, 9.17) is 16.3 Å². The average molecular weight is 324 g/mol. The molecule has 0 aliphatic rings. The Hall–Kier alpha value is -1.75. The summed E-state index contributed by atoms with van der Waals surface area (Å²) in [4.78, 5) is 19.3. The van der Waals surface area contributed by atoms with Crippen molar-refractivity contribution < 1.29 is 9.53 Å². The van der Waals surface area contributed by atoms with E-state index in [1.165, 1.54) is 5.56 Å². The number of pyridine rings is 1. The highest BCUT2D eigenvalue weighted by molar-refractivity contribution is 6.31. The monoisotopic (exact) mass is 323 g/mol. The van der Waals surface area contributed by atoms with E-state index < -0.39 is 11.7 Å². The van der Waals surface area contributed by atoms with Gasteiger partial charge in [-0.2, -0.15) is 0 Å². The number of fused-ring (bicyclic) bond motifs is 1. The SMILES string of the molecule is CCc1c(CCNC(=O)OC(C)(C)C)[nH]c2ncc(Cl)cc12. The number of aromatic amines is 1. The molecule has 0 fully saturated rings. The van der Waals surface area contributed by atoms with E-state index >= 15 is 0 Å². The third-order valence-electron chi connectivity index (χ3n) is 3.21. The molecule has 2 aromatic rings. The number of amides is 1. The first-order valence-corrected chi connectivity index (χ1v) is 7.79. The molecule has 0 saturated heterocycles. The van der Waals surface area contributed by atoms with Crippen LogP contribution in [0.4, 0.5) is 4.79 Å². The van der Waals surface area contributed by atoms with Crippen LogP contribution in [-0.2, 0) is 17.6 Å². The summed E-state index contributed by atoms with van der Waals surface area (Å²) in [6.45, 7) is 8.12. The highest BCUT2D eigenvalue weighted by Crippen LogP contribution is 2.24. The van der Waals surface area contributed by atoms with Crippen LogP contribution in [0.5, 0.6) is 0 Å². The van der Waals surface area contributed by atoms with Crippen LogP contribution in [-0.4, -0.2) is 28.2 Å². The Labute approximate surface area is 135 Å². The highest BCUT2D eigenvalue weighted by Gasteiger charge is 2.16. The van der Waals surface area contributed by atoms with Gasteiger partial charge in [0.15, 0.2) is 0 Å². The first-order valence-electron chi connectivity index (χ1n) is 7.42. The van der Waals surface area contributed by atoms with Gasteiger partial charge in [-0.3, -0.25) is 0 Å². The van der Waals surface area contributed by atoms with Crippen molar-refractivity contribution in [3.63, 3.8) is 0 Å². The summed E-state index contributed by atoms with van der Waals surface area (Å²) >= 11 is 6.01. The van der Waals surface area contributed by atoms with Crippen LogP contribution >= 0.6 is 11.6 Å². The molecule has 0 atom stereocenters. The zero-order chi connectivity index (χ0) is 16.3. The minimum atomic E-state index is -0.486. The molecule has 2 heterocycles. The Bertz CT molecular complexity index is 674.